The van der Waals surface area contributed by atoms with Crippen molar-refractivity contribution in [3.8, 4) is 12.3 Å². The molecule has 1 fully saturated rings. The minimum absolute atomic E-state index is 0.628. The van der Waals surface area contributed by atoms with Crippen LogP contribution in [0.2, 0.25) is 0 Å². The van der Waals surface area contributed by atoms with Gasteiger partial charge in [0.1, 0.15) is 5.82 Å². The van der Waals surface area contributed by atoms with E-state index in [0.717, 1.165) is 43.5 Å². The number of nitrogens with zero attached hydrogens (tertiary/aromatic N) is 2. The van der Waals surface area contributed by atoms with Crippen LogP contribution in [0.4, 0.5) is 5.82 Å². The largest absolute Gasteiger partial charge is 0.345 e. The van der Waals surface area contributed by atoms with E-state index in [2.05, 4.69) is 42.1 Å². The van der Waals surface area contributed by atoms with Crippen molar-refractivity contribution < 1.29 is 0 Å². The lowest BCUT2D eigenvalue weighted by Crippen LogP contribution is -2.26. The molecule has 1 heterocycles. The first-order valence-corrected chi connectivity index (χ1v) is 7.68. The van der Waals surface area contributed by atoms with Crippen LogP contribution in [-0.4, -0.2) is 24.1 Å². The zero-order chi connectivity index (χ0) is 14.4. The molecule has 3 nitrogen and oxygen atoms in total. The highest BCUT2D eigenvalue weighted by molar-refractivity contribution is 5.44. The van der Waals surface area contributed by atoms with Crippen LogP contribution in [0, 0.1) is 12.3 Å². The Kier molecular flexibility index (Phi) is 5.43. The summed E-state index contributed by atoms with van der Waals surface area (Å²) >= 11 is 0. The van der Waals surface area contributed by atoms with E-state index in [4.69, 9.17) is 11.4 Å². The third-order valence-corrected chi connectivity index (χ3v) is 3.56. The summed E-state index contributed by atoms with van der Waals surface area (Å²) in [6.45, 7) is 6.84. The third-order valence-electron chi connectivity index (χ3n) is 3.56. The monoisotopic (exact) mass is 271 g/mol. The second kappa shape index (κ2) is 7.31. The number of aryl methyl sites for hydroxylation is 1. The van der Waals surface area contributed by atoms with Crippen LogP contribution in [-0.2, 0) is 13.0 Å². The standard InChI is InChI=1S/C17H25N3/c1-4-9-20(10-5-2)17-12-14(11-15(6-3)19-17)13-18-16-7-8-16/h1,11-12,16,18H,5-10,13H2,2-3H3. The molecule has 2 rings (SSSR count). The van der Waals surface area contributed by atoms with E-state index in [9.17, 15) is 0 Å². The van der Waals surface area contributed by atoms with Gasteiger partial charge in [-0.05, 0) is 43.4 Å². The van der Waals surface area contributed by atoms with Crippen molar-refractivity contribution in [3.63, 3.8) is 0 Å². The number of anilines is 1. The SMILES string of the molecule is C#CCN(CCC)c1cc(CNC2CC2)cc(CC)n1. The Labute approximate surface area is 122 Å². The van der Waals surface area contributed by atoms with Crippen LogP contribution >= 0.6 is 0 Å². The van der Waals surface area contributed by atoms with E-state index in [1.165, 1.54) is 18.4 Å². The van der Waals surface area contributed by atoms with E-state index in [-0.39, 0.29) is 0 Å². The molecule has 1 aliphatic rings. The molecule has 0 bridgehead atoms. The highest BCUT2D eigenvalue weighted by Gasteiger charge is 2.20. The fourth-order valence-corrected chi connectivity index (χ4v) is 2.28. The highest BCUT2D eigenvalue weighted by Crippen LogP contribution is 2.21. The predicted octanol–water partition coefficient (Wildman–Crippen LogP) is 2.75. The number of terminal acetylenes is 1. The van der Waals surface area contributed by atoms with Gasteiger partial charge < -0.3 is 10.2 Å². The molecule has 1 N–H and O–H groups in total. The molecule has 0 amide bonds. The summed E-state index contributed by atoms with van der Waals surface area (Å²) in [6, 6.07) is 5.12. The van der Waals surface area contributed by atoms with Gasteiger partial charge in [0, 0.05) is 24.8 Å². The lowest BCUT2D eigenvalue weighted by molar-refractivity contribution is 0.685. The van der Waals surface area contributed by atoms with Gasteiger partial charge in [-0.25, -0.2) is 4.98 Å². The summed E-state index contributed by atoms with van der Waals surface area (Å²) < 4.78 is 0. The molecule has 20 heavy (non-hydrogen) atoms. The van der Waals surface area contributed by atoms with Gasteiger partial charge in [-0.2, -0.15) is 0 Å². The molecule has 1 saturated carbocycles. The first kappa shape index (κ1) is 14.9. The van der Waals surface area contributed by atoms with E-state index in [1.807, 2.05) is 0 Å². The van der Waals surface area contributed by atoms with Crippen molar-refractivity contribution in [1.82, 2.24) is 10.3 Å². The molecule has 108 valence electrons. The predicted molar refractivity (Wildman–Crippen MR) is 84.8 cm³/mol. The summed E-state index contributed by atoms with van der Waals surface area (Å²) in [5.74, 6) is 3.76. The zero-order valence-electron chi connectivity index (χ0n) is 12.7. The Hall–Kier alpha value is -1.53. The Morgan fingerprint density at radius 2 is 2.20 bits per heavy atom. The van der Waals surface area contributed by atoms with E-state index in [0.29, 0.717) is 6.54 Å². The molecular weight excluding hydrogens is 246 g/mol. The first-order valence-electron chi connectivity index (χ1n) is 7.68. The summed E-state index contributed by atoms with van der Waals surface area (Å²) in [6.07, 6.45) is 10.2. The summed E-state index contributed by atoms with van der Waals surface area (Å²) in [4.78, 5) is 6.93. The lowest BCUT2D eigenvalue weighted by Gasteiger charge is -2.22. The molecule has 0 saturated heterocycles. The van der Waals surface area contributed by atoms with E-state index < -0.39 is 0 Å². The maximum atomic E-state index is 5.48. The molecule has 3 heteroatoms. The lowest BCUT2D eigenvalue weighted by atomic mass is 10.2. The zero-order valence-corrected chi connectivity index (χ0v) is 12.7. The maximum Gasteiger partial charge on any atom is 0.129 e. The summed E-state index contributed by atoms with van der Waals surface area (Å²) in [5, 5.41) is 3.57. The van der Waals surface area contributed by atoms with Gasteiger partial charge in [-0.1, -0.05) is 19.8 Å². The Balaban J connectivity index is 2.15. The van der Waals surface area contributed by atoms with Crippen LogP contribution < -0.4 is 10.2 Å². The van der Waals surface area contributed by atoms with E-state index in [1.54, 1.807) is 0 Å². The molecule has 0 spiro atoms. The fourth-order valence-electron chi connectivity index (χ4n) is 2.28. The second-order valence-corrected chi connectivity index (χ2v) is 5.46. The number of rotatable bonds is 8. The van der Waals surface area contributed by atoms with Gasteiger partial charge in [-0.15, -0.1) is 6.42 Å². The topological polar surface area (TPSA) is 28.2 Å². The maximum absolute atomic E-state index is 5.48. The van der Waals surface area contributed by atoms with Crippen LogP contribution in [0.25, 0.3) is 0 Å². The Morgan fingerprint density at radius 3 is 2.80 bits per heavy atom. The van der Waals surface area contributed by atoms with E-state index >= 15 is 0 Å². The van der Waals surface area contributed by atoms with Crippen molar-refractivity contribution in [3.05, 3.63) is 23.4 Å². The Morgan fingerprint density at radius 1 is 1.40 bits per heavy atom. The minimum atomic E-state index is 0.628. The molecule has 1 aliphatic carbocycles. The van der Waals surface area contributed by atoms with Gasteiger partial charge in [0.05, 0.1) is 6.54 Å². The fraction of sp³-hybridized carbons (Fsp3) is 0.588. The molecule has 0 aromatic carbocycles. The molecule has 0 aliphatic heterocycles. The van der Waals surface area contributed by atoms with Gasteiger partial charge in [0.2, 0.25) is 0 Å². The number of pyridine rings is 1. The minimum Gasteiger partial charge on any atom is -0.345 e. The second-order valence-electron chi connectivity index (χ2n) is 5.46. The van der Waals surface area contributed by atoms with Crippen LogP contribution in [0.1, 0.15) is 44.4 Å². The van der Waals surface area contributed by atoms with Crippen molar-refractivity contribution >= 4 is 5.82 Å². The average molecular weight is 271 g/mol. The molecule has 1 aromatic rings. The number of nitrogens with one attached hydrogen (secondary N) is 1. The average Bonchev–Trinajstić information content (AvgIpc) is 3.29. The highest BCUT2D eigenvalue weighted by atomic mass is 15.2. The Bertz CT molecular complexity index is 472. The van der Waals surface area contributed by atoms with Gasteiger partial charge in [0.25, 0.3) is 0 Å². The normalized spacial score (nSPS) is 14.1. The summed E-state index contributed by atoms with van der Waals surface area (Å²) in [7, 11) is 0. The van der Waals surface area contributed by atoms with Crippen molar-refractivity contribution in [1.29, 1.82) is 0 Å². The molecule has 1 aromatic heterocycles. The van der Waals surface area contributed by atoms with Crippen LogP contribution in [0.5, 0.6) is 0 Å². The third kappa shape index (κ3) is 4.25. The van der Waals surface area contributed by atoms with Crippen molar-refractivity contribution in [2.75, 3.05) is 18.0 Å². The summed E-state index contributed by atoms with van der Waals surface area (Å²) in [5.41, 5.74) is 2.46. The molecular formula is C17H25N3. The smallest absolute Gasteiger partial charge is 0.129 e. The molecule has 0 radical (unpaired) electrons. The van der Waals surface area contributed by atoms with Crippen molar-refractivity contribution in [2.24, 2.45) is 0 Å². The number of hydrogen-bond acceptors (Lipinski definition) is 3. The quantitative estimate of drug-likeness (QED) is 0.737. The number of hydrogen-bond donors (Lipinski definition) is 1. The van der Waals surface area contributed by atoms with Crippen molar-refractivity contribution in [2.45, 2.75) is 52.1 Å². The first-order chi connectivity index (χ1) is 9.76. The van der Waals surface area contributed by atoms with Crippen LogP contribution in [0.3, 0.4) is 0 Å². The van der Waals surface area contributed by atoms with Gasteiger partial charge in [-0.3, -0.25) is 0 Å². The molecule has 0 unspecified atom stereocenters. The van der Waals surface area contributed by atoms with Crippen LogP contribution in [0.15, 0.2) is 12.1 Å². The van der Waals surface area contributed by atoms with Gasteiger partial charge in [0.15, 0.2) is 0 Å². The molecule has 0 atom stereocenters. The number of aromatic nitrogens is 1. The van der Waals surface area contributed by atoms with Gasteiger partial charge >= 0.3 is 0 Å².